The highest BCUT2D eigenvalue weighted by atomic mass is 32.2. The second-order valence-electron chi connectivity index (χ2n) is 7.32. The standard InChI is InChI=1S/C22H25FN2O4S/c1-3-25(20-9-7-19(23)8-10-20)22(27)17-11-13-24(14-12-17)30(28,29)21-6-4-5-18(15-21)16(2)26/h4-10,15,17H,3,11-14H2,1-2H3. The summed E-state index contributed by atoms with van der Waals surface area (Å²) in [5.74, 6) is -0.948. The van der Waals surface area contributed by atoms with E-state index < -0.39 is 10.0 Å². The Morgan fingerprint density at radius 2 is 1.73 bits per heavy atom. The quantitative estimate of drug-likeness (QED) is 0.655. The van der Waals surface area contributed by atoms with Crippen molar-refractivity contribution in [1.29, 1.82) is 0 Å². The van der Waals surface area contributed by atoms with Crippen LogP contribution in [0.4, 0.5) is 10.1 Å². The zero-order chi connectivity index (χ0) is 21.9. The summed E-state index contributed by atoms with van der Waals surface area (Å²) in [5.41, 5.74) is 0.971. The van der Waals surface area contributed by atoms with Crippen LogP contribution >= 0.6 is 0 Å². The molecule has 0 N–H and O–H groups in total. The van der Waals surface area contributed by atoms with Gasteiger partial charge in [-0.1, -0.05) is 12.1 Å². The Balaban J connectivity index is 1.70. The summed E-state index contributed by atoms with van der Waals surface area (Å²) < 4.78 is 40.5. The molecule has 1 fully saturated rings. The van der Waals surface area contributed by atoms with Gasteiger partial charge in [0.15, 0.2) is 5.78 Å². The lowest BCUT2D eigenvalue weighted by Crippen LogP contribution is -2.44. The molecule has 1 aliphatic rings. The Bertz CT molecular complexity index is 1030. The third kappa shape index (κ3) is 4.60. The number of anilines is 1. The van der Waals surface area contributed by atoms with Gasteiger partial charge in [0.1, 0.15) is 5.82 Å². The topological polar surface area (TPSA) is 74.8 Å². The largest absolute Gasteiger partial charge is 0.312 e. The molecule has 0 atom stereocenters. The number of hydrogen-bond donors (Lipinski definition) is 0. The minimum atomic E-state index is -3.74. The van der Waals surface area contributed by atoms with Crippen molar-refractivity contribution in [2.45, 2.75) is 31.6 Å². The van der Waals surface area contributed by atoms with Crippen LogP contribution in [0.1, 0.15) is 37.0 Å². The Morgan fingerprint density at radius 1 is 1.10 bits per heavy atom. The molecule has 2 aromatic carbocycles. The van der Waals surface area contributed by atoms with Crippen LogP contribution in [0.5, 0.6) is 0 Å². The van der Waals surface area contributed by atoms with Crippen molar-refractivity contribution in [2.24, 2.45) is 5.92 Å². The number of benzene rings is 2. The second kappa shape index (κ2) is 9.06. The van der Waals surface area contributed by atoms with Gasteiger partial charge >= 0.3 is 0 Å². The SMILES string of the molecule is CCN(C(=O)C1CCN(S(=O)(=O)c2cccc(C(C)=O)c2)CC1)c1ccc(F)cc1. The fraction of sp³-hybridized carbons (Fsp3) is 0.364. The summed E-state index contributed by atoms with van der Waals surface area (Å²) in [6.07, 6.45) is 0.810. The van der Waals surface area contributed by atoms with E-state index in [1.165, 1.54) is 35.5 Å². The number of sulfonamides is 1. The smallest absolute Gasteiger partial charge is 0.243 e. The fourth-order valence-electron chi connectivity index (χ4n) is 3.67. The molecule has 6 nitrogen and oxygen atoms in total. The van der Waals surface area contributed by atoms with Crippen molar-refractivity contribution >= 4 is 27.4 Å². The number of halogens is 1. The third-order valence-electron chi connectivity index (χ3n) is 5.40. The van der Waals surface area contributed by atoms with Crippen LogP contribution in [-0.2, 0) is 14.8 Å². The molecular weight excluding hydrogens is 407 g/mol. The first kappa shape index (κ1) is 22.1. The molecule has 8 heteroatoms. The fourth-order valence-corrected chi connectivity index (χ4v) is 5.19. The number of amides is 1. The highest BCUT2D eigenvalue weighted by Crippen LogP contribution is 2.27. The predicted molar refractivity (Wildman–Crippen MR) is 112 cm³/mol. The molecular formula is C22H25FN2O4S. The number of hydrogen-bond acceptors (Lipinski definition) is 4. The molecule has 3 rings (SSSR count). The molecule has 2 aromatic rings. The minimum absolute atomic E-state index is 0.0836. The molecule has 0 aliphatic carbocycles. The summed E-state index contributed by atoms with van der Waals surface area (Å²) in [6.45, 7) is 4.14. The number of carbonyl (C=O) groups excluding carboxylic acids is 2. The van der Waals surface area contributed by atoms with Crippen LogP contribution in [-0.4, -0.2) is 44.0 Å². The van der Waals surface area contributed by atoms with E-state index in [0.29, 0.717) is 30.6 Å². The van der Waals surface area contributed by atoms with Gasteiger partial charge in [-0.3, -0.25) is 9.59 Å². The third-order valence-corrected chi connectivity index (χ3v) is 7.30. The van der Waals surface area contributed by atoms with Crippen molar-refractivity contribution in [3.63, 3.8) is 0 Å². The number of rotatable bonds is 6. The summed E-state index contributed by atoms with van der Waals surface area (Å²) >= 11 is 0. The Labute approximate surface area is 176 Å². The molecule has 30 heavy (non-hydrogen) atoms. The van der Waals surface area contributed by atoms with Crippen molar-refractivity contribution in [2.75, 3.05) is 24.5 Å². The minimum Gasteiger partial charge on any atom is -0.312 e. The van der Waals surface area contributed by atoms with Crippen LogP contribution in [0.25, 0.3) is 0 Å². The van der Waals surface area contributed by atoms with Crippen molar-refractivity contribution < 1.29 is 22.4 Å². The van der Waals surface area contributed by atoms with Crippen LogP contribution in [0, 0.1) is 11.7 Å². The van der Waals surface area contributed by atoms with Gasteiger partial charge in [0, 0.05) is 36.8 Å². The summed E-state index contributed by atoms with van der Waals surface area (Å²) in [6, 6.07) is 11.8. The van der Waals surface area contributed by atoms with E-state index in [1.807, 2.05) is 6.92 Å². The normalized spacial score (nSPS) is 15.7. The molecule has 1 amide bonds. The lowest BCUT2D eigenvalue weighted by atomic mass is 9.96. The predicted octanol–water partition coefficient (Wildman–Crippen LogP) is 3.48. The van der Waals surface area contributed by atoms with E-state index in [2.05, 4.69) is 0 Å². The molecule has 0 bridgehead atoms. The lowest BCUT2D eigenvalue weighted by molar-refractivity contribution is -0.123. The number of ketones is 1. The van der Waals surface area contributed by atoms with Gasteiger partial charge in [0.25, 0.3) is 0 Å². The first-order chi connectivity index (χ1) is 14.2. The first-order valence-corrected chi connectivity index (χ1v) is 11.4. The van der Waals surface area contributed by atoms with Gasteiger partial charge < -0.3 is 4.90 Å². The van der Waals surface area contributed by atoms with E-state index >= 15 is 0 Å². The summed E-state index contributed by atoms with van der Waals surface area (Å²) in [7, 11) is -3.74. The molecule has 0 unspecified atom stereocenters. The van der Waals surface area contributed by atoms with Gasteiger partial charge in [0.05, 0.1) is 4.90 Å². The average molecular weight is 433 g/mol. The molecule has 0 radical (unpaired) electrons. The van der Waals surface area contributed by atoms with E-state index in [0.717, 1.165) is 0 Å². The van der Waals surface area contributed by atoms with Crippen molar-refractivity contribution in [1.82, 2.24) is 4.31 Å². The van der Waals surface area contributed by atoms with Crippen molar-refractivity contribution in [3.8, 4) is 0 Å². The van der Waals surface area contributed by atoms with Gasteiger partial charge in [-0.25, -0.2) is 12.8 Å². The maximum Gasteiger partial charge on any atom is 0.243 e. The molecule has 160 valence electrons. The van der Waals surface area contributed by atoms with Gasteiger partial charge in [-0.05, 0) is 63.1 Å². The van der Waals surface area contributed by atoms with Crippen LogP contribution in [0.2, 0.25) is 0 Å². The highest BCUT2D eigenvalue weighted by molar-refractivity contribution is 7.89. The number of Topliss-reactive ketones (excluding diaryl/α,β-unsaturated/α-hetero) is 1. The average Bonchev–Trinajstić information content (AvgIpc) is 2.75. The van der Waals surface area contributed by atoms with E-state index in [-0.39, 0.29) is 41.4 Å². The zero-order valence-corrected chi connectivity index (χ0v) is 17.9. The van der Waals surface area contributed by atoms with Crippen LogP contribution in [0.15, 0.2) is 53.4 Å². The maximum atomic E-state index is 13.2. The molecule has 0 aromatic heterocycles. The second-order valence-corrected chi connectivity index (χ2v) is 9.26. The number of piperidine rings is 1. The highest BCUT2D eigenvalue weighted by Gasteiger charge is 2.34. The Morgan fingerprint density at radius 3 is 2.30 bits per heavy atom. The van der Waals surface area contributed by atoms with E-state index in [4.69, 9.17) is 0 Å². The molecule has 0 saturated carbocycles. The lowest BCUT2D eigenvalue weighted by Gasteiger charge is -2.33. The van der Waals surface area contributed by atoms with E-state index in [9.17, 15) is 22.4 Å². The van der Waals surface area contributed by atoms with Gasteiger partial charge in [-0.15, -0.1) is 0 Å². The summed E-state index contributed by atoms with van der Waals surface area (Å²) in [4.78, 5) is 26.2. The monoisotopic (exact) mass is 432 g/mol. The summed E-state index contributed by atoms with van der Waals surface area (Å²) in [5, 5.41) is 0. The maximum absolute atomic E-state index is 13.2. The molecule has 0 spiro atoms. The molecule has 1 saturated heterocycles. The van der Waals surface area contributed by atoms with Crippen molar-refractivity contribution in [3.05, 3.63) is 59.9 Å². The number of nitrogens with zero attached hydrogens (tertiary/aromatic N) is 2. The number of carbonyl (C=O) groups is 2. The Kier molecular flexibility index (Phi) is 6.67. The van der Waals surface area contributed by atoms with Crippen LogP contribution < -0.4 is 4.90 Å². The van der Waals surface area contributed by atoms with Crippen LogP contribution in [0.3, 0.4) is 0 Å². The van der Waals surface area contributed by atoms with Gasteiger partial charge in [0.2, 0.25) is 15.9 Å². The van der Waals surface area contributed by atoms with Gasteiger partial charge in [-0.2, -0.15) is 4.31 Å². The first-order valence-electron chi connectivity index (χ1n) is 9.92. The molecule has 1 heterocycles. The zero-order valence-electron chi connectivity index (χ0n) is 17.0. The molecule has 1 aliphatic heterocycles. The van der Waals surface area contributed by atoms with E-state index in [1.54, 1.807) is 29.2 Å². The Hall–Kier alpha value is -2.58.